The average Bonchev–Trinajstić information content (AvgIpc) is 2.91. The summed E-state index contributed by atoms with van der Waals surface area (Å²) >= 11 is 0. The van der Waals surface area contributed by atoms with E-state index in [-0.39, 0.29) is 12.6 Å². The quantitative estimate of drug-likeness (QED) is 0.874. The fourth-order valence-corrected chi connectivity index (χ4v) is 4.51. The second-order valence-corrected chi connectivity index (χ2v) is 7.26. The van der Waals surface area contributed by atoms with Crippen LogP contribution in [0.3, 0.4) is 0 Å². The predicted molar refractivity (Wildman–Crippen MR) is 80.3 cm³/mol. The van der Waals surface area contributed by atoms with E-state index in [1.807, 2.05) is 36.4 Å². The molecule has 2 atom stereocenters. The molecule has 2 aromatic rings. The third-order valence-electron chi connectivity index (χ3n) is 3.80. The number of hydrogen-bond acceptors (Lipinski definition) is 4. The molecule has 0 radical (unpaired) electrons. The van der Waals surface area contributed by atoms with Crippen molar-refractivity contribution in [1.82, 2.24) is 5.06 Å². The molecule has 1 fully saturated rings. The molecule has 5 heteroatoms. The smallest absolute Gasteiger partial charge is 0.185 e. The molecule has 1 aliphatic heterocycles. The van der Waals surface area contributed by atoms with Crippen LogP contribution in [0.5, 0.6) is 0 Å². The first-order valence-electron chi connectivity index (χ1n) is 6.80. The number of rotatable bonds is 3. The monoisotopic (exact) mass is 303 g/mol. The maximum absolute atomic E-state index is 12.9. The van der Waals surface area contributed by atoms with Crippen LogP contribution in [0.4, 0.5) is 0 Å². The van der Waals surface area contributed by atoms with Gasteiger partial charge in [0.2, 0.25) is 0 Å². The molecule has 0 bridgehead atoms. The predicted octanol–water partition coefficient (Wildman–Crippen LogP) is 2.45. The molecule has 0 aromatic heterocycles. The van der Waals surface area contributed by atoms with Crippen molar-refractivity contribution >= 4 is 9.84 Å². The van der Waals surface area contributed by atoms with Gasteiger partial charge in [-0.15, -0.1) is 0 Å². The maximum Gasteiger partial charge on any atom is 0.185 e. The van der Waals surface area contributed by atoms with Crippen molar-refractivity contribution in [3.05, 3.63) is 66.2 Å². The average molecular weight is 303 g/mol. The molecule has 0 amide bonds. The van der Waals surface area contributed by atoms with E-state index in [1.54, 1.807) is 36.4 Å². The van der Waals surface area contributed by atoms with Gasteiger partial charge in [-0.05, 0) is 17.7 Å². The first-order chi connectivity index (χ1) is 10.1. The summed E-state index contributed by atoms with van der Waals surface area (Å²) in [5.74, 6) is 0. The SMILES string of the molecule is CN1OC[C@@H](S(=O)(=O)c2ccccc2)[C@@H]1c1ccccc1. The zero-order valence-electron chi connectivity index (χ0n) is 11.7. The Morgan fingerprint density at radius 1 is 1.00 bits per heavy atom. The first-order valence-corrected chi connectivity index (χ1v) is 8.35. The number of hydroxylamine groups is 2. The Morgan fingerprint density at radius 3 is 2.19 bits per heavy atom. The molecule has 1 saturated heterocycles. The highest BCUT2D eigenvalue weighted by molar-refractivity contribution is 7.92. The molecule has 0 spiro atoms. The van der Waals surface area contributed by atoms with E-state index in [4.69, 9.17) is 4.84 Å². The Balaban J connectivity index is 2.01. The molecule has 1 aliphatic rings. The normalized spacial score (nSPS) is 23.3. The lowest BCUT2D eigenvalue weighted by Gasteiger charge is -2.22. The number of hydrogen-bond donors (Lipinski definition) is 0. The molecule has 110 valence electrons. The Kier molecular flexibility index (Phi) is 3.80. The van der Waals surface area contributed by atoms with Gasteiger partial charge in [-0.25, -0.2) is 8.42 Å². The van der Waals surface area contributed by atoms with Crippen LogP contribution in [-0.2, 0) is 14.7 Å². The Labute approximate surface area is 124 Å². The van der Waals surface area contributed by atoms with Crippen LogP contribution in [0, 0.1) is 0 Å². The van der Waals surface area contributed by atoms with Crippen molar-refractivity contribution < 1.29 is 13.3 Å². The fourth-order valence-electron chi connectivity index (χ4n) is 2.72. The second kappa shape index (κ2) is 5.60. The van der Waals surface area contributed by atoms with Gasteiger partial charge in [-0.1, -0.05) is 48.5 Å². The summed E-state index contributed by atoms with van der Waals surface area (Å²) in [7, 11) is -1.66. The van der Waals surface area contributed by atoms with E-state index in [2.05, 4.69) is 0 Å². The van der Waals surface area contributed by atoms with Gasteiger partial charge in [0.25, 0.3) is 0 Å². The summed E-state index contributed by atoms with van der Waals surface area (Å²) in [6.07, 6.45) is 0. The van der Waals surface area contributed by atoms with Crippen molar-refractivity contribution in [2.24, 2.45) is 0 Å². The van der Waals surface area contributed by atoms with E-state index in [1.165, 1.54) is 0 Å². The molecular formula is C16H17NO3S. The highest BCUT2D eigenvalue weighted by atomic mass is 32.2. The standard InChI is InChI=1S/C16H17NO3S/c1-17-16(13-8-4-2-5-9-13)15(12-20-17)21(18,19)14-10-6-3-7-11-14/h2-11,15-16H,12H2,1H3/t15-,16+/m1/s1. The summed E-state index contributed by atoms with van der Waals surface area (Å²) in [5.41, 5.74) is 0.946. The van der Waals surface area contributed by atoms with Gasteiger partial charge in [0.05, 0.1) is 17.5 Å². The van der Waals surface area contributed by atoms with Crippen molar-refractivity contribution in [3.8, 4) is 0 Å². The molecule has 21 heavy (non-hydrogen) atoms. The Morgan fingerprint density at radius 2 is 1.57 bits per heavy atom. The Hall–Kier alpha value is -1.69. The minimum atomic E-state index is -3.44. The van der Waals surface area contributed by atoms with E-state index in [0.29, 0.717) is 4.90 Å². The maximum atomic E-state index is 12.9. The van der Waals surface area contributed by atoms with E-state index < -0.39 is 15.1 Å². The summed E-state index contributed by atoms with van der Waals surface area (Å²) < 4.78 is 25.7. The molecule has 2 aromatic carbocycles. The van der Waals surface area contributed by atoms with Crippen LogP contribution in [0.1, 0.15) is 11.6 Å². The molecule has 0 aliphatic carbocycles. The lowest BCUT2D eigenvalue weighted by Crippen LogP contribution is -2.30. The third kappa shape index (κ3) is 2.60. The van der Waals surface area contributed by atoms with E-state index in [9.17, 15) is 8.42 Å². The fraction of sp³-hybridized carbons (Fsp3) is 0.250. The van der Waals surface area contributed by atoms with E-state index in [0.717, 1.165) is 5.56 Å². The van der Waals surface area contributed by atoms with Crippen LogP contribution in [-0.4, -0.2) is 32.4 Å². The highest BCUT2D eigenvalue weighted by Gasteiger charge is 2.43. The molecule has 1 heterocycles. The largest absolute Gasteiger partial charge is 0.297 e. The molecule has 4 nitrogen and oxygen atoms in total. The lowest BCUT2D eigenvalue weighted by atomic mass is 10.0. The molecule has 0 saturated carbocycles. The van der Waals surface area contributed by atoms with Gasteiger partial charge in [0, 0.05) is 7.05 Å². The van der Waals surface area contributed by atoms with Crippen LogP contribution < -0.4 is 0 Å². The Bertz CT molecular complexity index is 701. The van der Waals surface area contributed by atoms with Crippen molar-refractivity contribution in [1.29, 1.82) is 0 Å². The molecule has 0 N–H and O–H groups in total. The van der Waals surface area contributed by atoms with Crippen LogP contribution in [0.25, 0.3) is 0 Å². The second-order valence-electron chi connectivity index (χ2n) is 5.09. The van der Waals surface area contributed by atoms with Crippen molar-refractivity contribution in [2.75, 3.05) is 13.7 Å². The van der Waals surface area contributed by atoms with Gasteiger partial charge in [-0.3, -0.25) is 4.84 Å². The zero-order valence-corrected chi connectivity index (χ0v) is 12.5. The van der Waals surface area contributed by atoms with Crippen LogP contribution in [0.15, 0.2) is 65.6 Å². The summed E-state index contributed by atoms with van der Waals surface area (Å²) in [6, 6.07) is 17.9. The number of sulfone groups is 1. The van der Waals surface area contributed by atoms with E-state index >= 15 is 0 Å². The molecular weight excluding hydrogens is 286 g/mol. The first kappa shape index (κ1) is 14.3. The number of nitrogens with zero attached hydrogens (tertiary/aromatic N) is 1. The van der Waals surface area contributed by atoms with Crippen molar-refractivity contribution in [2.45, 2.75) is 16.2 Å². The van der Waals surface area contributed by atoms with Gasteiger partial charge >= 0.3 is 0 Å². The number of benzene rings is 2. The minimum absolute atomic E-state index is 0.174. The van der Waals surface area contributed by atoms with Gasteiger partial charge in [0.1, 0.15) is 5.25 Å². The summed E-state index contributed by atoms with van der Waals surface area (Å²) in [5, 5.41) is 1.04. The third-order valence-corrected chi connectivity index (χ3v) is 5.92. The minimum Gasteiger partial charge on any atom is -0.297 e. The lowest BCUT2D eigenvalue weighted by molar-refractivity contribution is -0.110. The summed E-state index contributed by atoms with van der Waals surface area (Å²) in [6.45, 7) is 0.174. The molecule has 0 unspecified atom stereocenters. The van der Waals surface area contributed by atoms with Crippen LogP contribution in [0.2, 0.25) is 0 Å². The summed E-state index contributed by atoms with van der Waals surface area (Å²) in [4.78, 5) is 5.84. The van der Waals surface area contributed by atoms with Crippen LogP contribution >= 0.6 is 0 Å². The van der Waals surface area contributed by atoms with Gasteiger partial charge < -0.3 is 0 Å². The van der Waals surface area contributed by atoms with Crippen molar-refractivity contribution in [3.63, 3.8) is 0 Å². The van der Waals surface area contributed by atoms with Gasteiger partial charge in [-0.2, -0.15) is 5.06 Å². The zero-order chi connectivity index (χ0) is 14.9. The highest BCUT2D eigenvalue weighted by Crippen LogP contribution is 2.36. The topological polar surface area (TPSA) is 46.6 Å². The molecule has 3 rings (SSSR count). The van der Waals surface area contributed by atoms with Gasteiger partial charge in [0.15, 0.2) is 9.84 Å².